The Morgan fingerprint density at radius 1 is 1.39 bits per heavy atom. The second-order valence-corrected chi connectivity index (χ2v) is 6.56. The summed E-state index contributed by atoms with van der Waals surface area (Å²) in [6.45, 7) is 4.52. The van der Waals surface area contributed by atoms with Crippen molar-refractivity contribution in [3.8, 4) is 0 Å². The maximum Gasteiger partial charge on any atom is 0.175 e. The van der Waals surface area contributed by atoms with Crippen molar-refractivity contribution in [1.29, 1.82) is 0 Å². The Hall–Kier alpha value is -1.07. The summed E-state index contributed by atoms with van der Waals surface area (Å²) in [5.74, 6) is 0. The molecule has 1 aromatic carbocycles. The fraction of sp³-hybridized carbons (Fsp3) is 0.538. The van der Waals surface area contributed by atoms with Gasteiger partial charge in [0.15, 0.2) is 9.84 Å². The van der Waals surface area contributed by atoms with E-state index in [1.54, 1.807) is 20.1 Å². The third-order valence-corrected chi connectivity index (χ3v) is 3.99. The molecule has 0 fully saturated rings. The molecule has 0 aromatic heterocycles. The minimum Gasteiger partial charge on any atom is -0.385 e. The second kappa shape index (κ2) is 6.20. The quantitative estimate of drug-likeness (QED) is 0.862. The van der Waals surface area contributed by atoms with Gasteiger partial charge in [0.1, 0.15) is 0 Å². The Kier molecular flexibility index (Phi) is 5.16. The monoisotopic (exact) mass is 271 g/mol. The molecule has 0 aliphatic heterocycles. The fourth-order valence-corrected chi connectivity index (χ4v) is 2.73. The number of benzene rings is 1. The summed E-state index contributed by atoms with van der Waals surface area (Å²) >= 11 is 0. The number of rotatable bonds is 6. The van der Waals surface area contributed by atoms with Crippen molar-refractivity contribution in [3.05, 3.63) is 23.8 Å². The van der Waals surface area contributed by atoms with Crippen LogP contribution < -0.4 is 5.32 Å². The van der Waals surface area contributed by atoms with E-state index in [4.69, 9.17) is 4.74 Å². The topological polar surface area (TPSA) is 55.4 Å². The summed E-state index contributed by atoms with van der Waals surface area (Å²) in [5.41, 5.74) is 1.59. The first-order chi connectivity index (χ1) is 8.34. The Morgan fingerprint density at radius 2 is 2.06 bits per heavy atom. The minimum atomic E-state index is -3.17. The molecular weight excluding hydrogens is 250 g/mol. The third-order valence-electron chi connectivity index (χ3n) is 2.76. The van der Waals surface area contributed by atoms with Gasteiger partial charge in [0.25, 0.3) is 0 Å². The molecule has 0 heterocycles. The number of hydrogen-bond acceptors (Lipinski definition) is 4. The van der Waals surface area contributed by atoms with Crippen LogP contribution in [-0.4, -0.2) is 34.4 Å². The van der Waals surface area contributed by atoms with E-state index < -0.39 is 9.84 Å². The van der Waals surface area contributed by atoms with Crippen LogP contribution >= 0.6 is 0 Å². The summed E-state index contributed by atoms with van der Waals surface area (Å²) in [5, 5.41) is 3.27. The highest BCUT2D eigenvalue weighted by Gasteiger charge is 2.12. The van der Waals surface area contributed by atoms with Gasteiger partial charge in [-0.15, -0.1) is 0 Å². The highest BCUT2D eigenvalue weighted by atomic mass is 32.2. The lowest BCUT2D eigenvalue weighted by Gasteiger charge is -2.16. The second-order valence-electron chi connectivity index (χ2n) is 4.58. The fourth-order valence-electron chi connectivity index (χ4n) is 1.74. The lowest BCUT2D eigenvalue weighted by molar-refractivity contribution is 0.191. The molecule has 0 bridgehead atoms. The number of sulfone groups is 1. The molecular formula is C13H21NO3S. The summed E-state index contributed by atoms with van der Waals surface area (Å²) in [4.78, 5) is 0.381. The van der Waals surface area contributed by atoms with Gasteiger partial charge < -0.3 is 10.1 Å². The molecule has 0 spiro atoms. The number of hydrogen-bond donors (Lipinski definition) is 1. The van der Waals surface area contributed by atoms with Gasteiger partial charge in [0.05, 0.1) is 4.90 Å². The highest BCUT2D eigenvalue weighted by molar-refractivity contribution is 7.90. The first-order valence-electron chi connectivity index (χ1n) is 5.90. The summed E-state index contributed by atoms with van der Waals surface area (Å²) < 4.78 is 28.2. The predicted octanol–water partition coefficient (Wildman–Crippen LogP) is 2.24. The molecule has 4 nitrogen and oxygen atoms in total. The van der Waals surface area contributed by atoms with Crippen LogP contribution in [0.15, 0.2) is 23.1 Å². The van der Waals surface area contributed by atoms with Crippen molar-refractivity contribution < 1.29 is 13.2 Å². The number of nitrogens with one attached hydrogen (secondary N) is 1. The summed E-state index contributed by atoms with van der Waals surface area (Å²) in [6, 6.07) is 5.64. The van der Waals surface area contributed by atoms with Crippen molar-refractivity contribution in [2.24, 2.45) is 0 Å². The van der Waals surface area contributed by atoms with Crippen LogP contribution in [0, 0.1) is 6.92 Å². The average molecular weight is 271 g/mol. The van der Waals surface area contributed by atoms with Gasteiger partial charge in [0, 0.05) is 31.7 Å². The normalized spacial score (nSPS) is 13.3. The third kappa shape index (κ3) is 4.31. The number of ether oxygens (including phenoxy) is 1. The van der Waals surface area contributed by atoms with Crippen LogP contribution in [0.2, 0.25) is 0 Å². The molecule has 1 atom stereocenters. The van der Waals surface area contributed by atoms with Crippen LogP contribution in [0.25, 0.3) is 0 Å². The number of aryl methyl sites for hydroxylation is 1. The van der Waals surface area contributed by atoms with Gasteiger partial charge in [-0.05, 0) is 38.0 Å². The zero-order valence-electron chi connectivity index (χ0n) is 11.4. The molecule has 0 unspecified atom stereocenters. The molecule has 18 heavy (non-hydrogen) atoms. The van der Waals surface area contributed by atoms with Gasteiger partial charge in [-0.25, -0.2) is 8.42 Å². The van der Waals surface area contributed by atoms with Gasteiger partial charge in [-0.2, -0.15) is 0 Å². The first kappa shape index (κ1) is 15.0. The van der Waals surface area contributed by atoms with Gasteiger partial charge >= 0.3 is 0 Å². The summed E-state index contributed by atoms with van der Waals surface area (Å²) in [6.07, 6.45) is 2.10. The van der Waals surface area contributed by atoms with Gasteiger partial charge in [0.2, 0.25) is 0 Å². The molecule has 102 valence electrons. The minimum absolute atomic E-state index is 0.236. The van der Waals surface area contributed by atoms with Crippen LogP contribution in [0.4, 0.5) is 5.69 Å². The maximum absolute atomic E-state index is 11.6. The van der Waals surface area contributed by atoms with Gasteiger partial charge in [-0.1, -0.05) is 6.07 Å². The van der Waals surface area contributed by atoms with Crippen LogP contribution in [0.3, 0.4) is 0 Å². The first-order valence-corrected chi connectivity index (χ1v) is 7.80. The predicted molar refractivity (Wildman–Crippen MR) is 73.9 cm³/mol. The Balaban J connectivity index is 2.86. The zero-order valence-corrected chi connectivity index (χ0v) is 12.2. The average Bonchev–Trinajstić information content (AvgIpc) is 2.27. The lowest BCUT2D eigenvalue weighted by Crippen LogP contribution is -2.17. The van der Waals surface area contributed by atoms with E-state index in [9.17, 15) is 8.42 Å². The van der Waals surface area contributed by atoms with Crippen molar-refractivity contribution in [2.75, 3.05) is 25.3 Å². The van der Waals surface area contributed by atoms with E-state index in [1.165, 1.54) is 6.26 Å². The molecule has 0 amide bonds. The van der Waals surface area contributed by atoms with E-state index >= 15 is 0 Å². The van der Waals surface area contributed by atoms with Crippen LogP contribution in [-0.2, 0) is 14.6 Å². The largest absolute Gasteiger partial charge is 0.385 e. The van der Waals surface area contributed by atoms with E-state index in [0.29, 0.717) is 11.5 Å². The molecule has 1 rings (SSSR count). The standard InChI is InChI=1S/C13H21NO3S/c1-10-5-6-12(9-13(10)18(4,15)16)14-11(2)7-8-17-3/h5-6,9,11,14H,7-8H2,1-4H3/t11-/m1/s1. The van der Waals surface area contributed by atoms with Crippen molar-refractivity contribution in [3.63, 3.8) is 0 Å². The number of methoxy groups -OCH3 is 1. The Morgan fingerprint density at radius 3 is 2.61 bits per heavy atom. The van der Waals surface area contributed by atoms with E-state index in [1.807, 2.05) is 19.1 Å². The molecule has 0 aliphatic rings. The highest BCUT2D eigenvalue weighted by Crippen LogP contribution is 2.20. The van der Waals surface area contributed by atoms with E-state index in [0.717, 1.165) is 17.7 Å². The molecule has 0 saturated carbocycles. The van der Waals surface area contributed by atoms with Crippen LogP contribution in [0.1, 0.15) is 18.9 Å². The smallest absolute Gasteiger partial charge is 0.175 e. The van der Waals surface area contributed by atoms with E-state index in [2.05, 4.69) is 5.32 Å². The SMILES string of the molecule is COCC[C@@H](C)Nc1ccc(C)c(S(C)(=O)=O)c1. The number of anilines is 1. The zero-order chi connectivity index (χ0) is 13.8. The Bertz CT molecular complexity index is 497. The van der Waals surface area contributed by atoms with Crippen molar-refractivity contribution in [1.82, 2.24) is 0 Å². The van der Waals surface area contributed by atoms with Gasteiger partial charge in [-0.3, -0.25) is 0 Å². The van der Waals surface area contributed by atoms with Crippen molar-refractivity contribution >= 4 is 15.5 Å². The molecule has 0 aliphatic carbocycles. The maximum atomic E-state index is 11.6. The lowest BCUT2D eigenvalue weighted by atomic mass is 10.2. The molecule has 0 saturated heterocycles. The molecule has 5 heteroatoms. The van der Waals surface area contributed by atoms with E-state index in [-0.39, 0.29) is 6.04 Å². The molecule has 0 radical (unpaired) electrons. The molecule has 1 aromatic rings. The summed E-state index contributed by atoms with van der Waals surface area (Å²) in [7, 11) is -1.51. The van der Waals surface area contributed by atoms with Crippen LogP contribution in [0.5, 0.6) is 0 Å². The molecule has 1 N–H and O–H groups in total. The van der Waals surface area contributed by atoms with Crippen molar-refractivity contribution in [2.45, 2.75) is 31.2 Å². The Labute approximate surface area is 109 Å².